The Balaban J connectivity index is 0.000000161. The van der Waals surface area contributed by atoms with E-state index in [9.17, 15) is 9.59 Å². The van der Waals surface area contributed by atoms with Crippen molar-refractivity contribution < 1.29 is 14.3 Å². The first-order valence-electron chi connectivity index (χ1n) is 16.1. The Bertz CT molecular complexity index is 2050. The van der Waals surface area contributed by atoms with E-state index in [1.165, 1.54) is 27.4 Å². The third kappa shape index (κ3) is 10.9. The van der Waals surface area contributed by atoms with E-state index in [1.807, 2.05) is 85.9 Å². The van der Waals surface area contributed by atoms with E-state index < -0.39 is 6.09 Å². The van der Waals surface area contributed by atoms with Crippen LogP contribution in [0.2, 0.25) is 0 Å². The molecule has 256 valence electrons. The van der Waals surface area contributed by atoms with Gasteiger partial charge in [-0.2, -0.15) is 0 Å². The van der Waals surface area contributed by atoms with Crippen LogP contribution in [0.3, 0.4) is 0 Å². The zero-order valence-corrected chi connectivity index (χ0v) is 28.4. The van der Waals surface area contributed by atoms with Gasteiger partial charge in [0.05, 0.1) is 11.4 Å². The molecule has 0 aliphatic rings. The number of carbonyl (C=O) groups is 2. The van der Waals surface area contributed by atoms with Gasteiger partial charge < -0.3 is 15.0 Å². The highest BCUT2D eigenvalue weighted by Crippen LogP contribution is 2.17. The Morgan fingerprint density at radius 2 is 1.18 bits per heavy atom. The topological polar surface area (TPSA) is 120 Å². The van der Waals surface area contributed by atoms with E-state index in [1.54, 1.807) is 73.4 Å². The van der Waals surface area contributed by atoms with E-state index in [2.05, 4.69) is 37.4 Å². The number of benzene rings is 3. The first-order valence-corrected chi connectivity index (χ1v) is 16.1. The van der Waals surface area contributed by atoms with Gasteiger partial charge in [-0.05, 0) is 54.6 Å². The number of aromatic nitrogens is 6. The molecule has 51 heavy (non-hydrogen) atoms. The fraction of sp³-hybridized carbons (Fsp3) is 0.100. The van der Waals surface area contributed by atoms with E-state index in [4.69, 9.17) is 4.74 Å². The van der Waals surface area contributed by atoms with Crippen molar-refractivity contribution in [1.29, 1.82) is 0 Å². The number of pyridine rings is 2. The van der Waals surface area contributed by atoms with Crippen LogP contribution in [-0.4, -0.2) is 60.2 Å². The van der Waals surface area contributed by atoms with Crippen LogP contribution in [0, 0.1) is 0 Å². The molecule has 0 unspecified atom stereocenters. The Kier molecular flexibility index (Phi) is 13.1. The molecule has 0 saturated carbocycles. The third-order valence-corrected chi connectivity index (χ3v) is 7.27. The molecule has 0 aliphatic heterocycles. The molecule has 1 N–H and O–H groups in total. The monoisotopic (exact) mass is 678 g/mol. The molecule has 0 radical (unpaired) electrons. The maximum Gasteiger partial charge on any atom is 0.424 e. The average Bonchev–Trinajstić information content (AvgIpc) is 3.89. The fourth-order valence-electron chi connectivity index (χ4n) is 4.74. The van der Waals surface area contributed by atoms with Gasteiger partial charge in [-0.15, -0.1) is 0 Å². The zero-order chi connectivity index (χ0) is 35.7. The molecule has 0 bridgehead atoms. The largest absolute Gasteiger partial charge is 0.424 e. The Morgan fingerprint density at radius 1 is 0.667 bits per heavy atom. The normalized spacial score (nSPS) is 10.2. The van der Waals surface area contributed by atoms with Crippen LogP contribution in [0.5, 0.6) is 5.75 Å². The first-order chi connectivity index (χ1) is 25.0. The van der Waals surface area contributed by atoms with E-state index in [-0.39, 0.29) is 6.03 Å². The summed E-state index contributed by atoms with van der Waals surface area (Å²) in [4.78, 5) is 42.6. The third-order valence-electron chi connectivity index (χ3n) is 7.27. The van der Waals surface area contributed by atoms with Gasteiger partial charge in [-0.3, -0.25) is 14.5 Å². The molecule has 0 spiro atoms. The molecule has 7 rings (SSSR count). The standard InChI is InChI=1S/C17H16N4O.C15H11N3O2.C8H11N/c1-20(11-14-6-3-2-4-7-14)17(22)21-12-16(19-13-21)15-8-5-9-18-10-15;19-15(20-13-6-2-1-3-7-13)18-10-14(17-11-18)12-5-4-8-16-9-12;1-9-7-8-5-3-2-4-6-8/h2-10,12-13H,11H2,1H3;1-11H;2-6,9H,7H2,1H3. The molecule has 4 aromatic heterocycles. The van der Waals surface area contributed by atoms with E-state index in [0.717, 1.165) is 28.9 Å². The number of amides is 1. The van der Waals surface area contributed by atoms with Crippen LogP contribution in [0.25, 0.3) is 22.5 Å². The molecular weight excluding hydrogens is 640 g/mol. The maximum atomic E-state index is 12.4. The summed E-state index contributed by atoms with van der Waals surface area (Å²) in [7, 11) is 3.73. The SMILES string of the molecule is CN(Cc1ccccc1)C(=O)n1cnc(-c2cccnc2)c1.CNCc1ccccc1.O=C(Oc1ccccc1)n1cnc(-c2cccnc2)c1. The number of hydrogen-bond donors (Lipinski definition) is 1. The summed E-state index contributed by atoms with van der Waals surface area (Å²) in [6, 6.07) is 36.5. The van der Waals surface area contributed by atoms with Gasteiger partial charge in [-0.25, -0.2) is 24.1 Å². The van der Waals surface area contributed by atoms with Gasteiger partial charge in [0.15, 0.2) is 0 Å². The highest BCUT2D eigenvalue weighted by Gasteiger charge is 2.13. The average molecular weight is 679 g/mol. The fourth-order valence-corrected chi connectivity index (χ4v) is 4.74. The lowest BCUT2D eigenvalue weighted by Crippen LogP contribution is -2.29. The second kappa shape index (κ2) is 18.7. The summed E-state index contributed by atoms with van der Waals surface area (Å²) < 4.78 is 8.01. The maximum absolute atomic E-state index is 12.4. The number of nitrogens with zero attached hydrogens (tertiary/aromatic N) is 7. The zero-order valence-electron chi connectivity index (χ0n) is 28.4. The second-order valence-electron chi connectivity index (χ2n) is 11.1. The molecule has 11 nitrogen and oxygen atoms in total. The first kappa shape index (κ1) is 35.6. The van der Waals surface area contributed by atoms with Crippen molar-refractivity contribution in [2.45, 2.75) is 13.1 Å². The van der Waals surface area contributed by atoms with E-state index >= 15 is 0 Å². The Hall–Kier alpha value is -6.72. The summed E-state index contributed by atoms with van der Waals surface area (Å²) in [6.07, 6.45) is 12.6. The molecule has 0 fully saturated rings. The van der Waals surface area contributed by atoms with Crippen molar-refractivity contribution in [2.75, 3.05) is 14.1 Å². The lowest BCUT2D eigenvalue weighted by molar-refractivity contribution is 0.202. The molecule has 1 amide bonds. The van der Waals surface area contributed by atoms with Crippen LogP contribution in [0.15, 0.2) is 165 Å². The highest BCUT2D eigenvalue weighted by atomic mass is 16.6. The number of carbonyl (C=O) groups excluding carboxylic acids is 2. The van der Waals surface area contributed by atoms with Crippen LogP contribution < -0.4 is 10.1 Å². The number of nitrogens with one attached hydrogen (secondary N) is 1. The van der Waals surface area contributed by atoms with Crippen LogP contribution in [-0.2, 0) is 13.1 Å². The van der Waals surface area contributed by atoms with Crippen molar-refractivity contribution in [3.8, 4) is 28.3 Å². The predicted octanol–water partition coefficient (Wildman–Crippen LogP) is 7.44. The number of rotatable bonds is 7. The molecule has 0 atom stereocenters. The minimum Gasteiger partial charge on any atom is -0.410 e. The number of imidazole rings is 2. The summed E-state index contributed by atoms with van der Waals surface area (Å²) in [5, 5.41) is 3.08. The Morgan fingerprint density at radius 3 is 1.71 bits per heavy atom. The lowest BCUT2D eigenvalue weighted by Gasteiger charge is -2.17. The smallest absolute Gasteiger partial charge is 0.410 e. The van der Waals surface area contributed by atoms with Crippen molar-refractivity contribution >= 4 is 12.1 Å². The molecule has 4 heterocycles. The van der Waals surface area contributed by atoms with Crippen LogP contribution in [0.4, 0.5) is 9.59 Å². The van der Waals surface area contributed by atoms with Crippen molar-refractivity contribution in [3.05, 3.63) is 176 Å². The van der Waals surface area contributed by atoms with Gasteiger partial charge in [-0.1, -0.05) is 78.9 Å². The second-order valence-corrected chi connectivity index (χ2v) is 11.1. The van der Waals surface area contributed by atoms with Crippen molar-refractivity contribution in [3.63, 3.8) is 0 Å². The molecule has 3 aromatic carbocycles. The molecule has 0 saturated heterocycles. The molecule has 0 aliphatic carbocycles. The summed E-state index contributed by atoms with van der Waals surface area (Å²) in [6.45, 7) is 1.51. The van der Waals surface area contributed by atoms with Gasteiger partial charge >= 0.3 is 12.1 Å². The van der Waals surface area contributed by atoms with Gasteiger partial charge in [0.1, 0.15) is 18.4 Å². The molecule has 11 heteroatoms. The number of ether oxygens (including phenoxy) is 1. The minimum absolute atomic E-state index is 0.119. The molecule has 7 aromatic rings. The minimum atomic E-state index is -0.501. The molecular formula is C40H38N8O3. The summed E-state index contributed by atoms with van der Waals surface area (Å²) >= 11 is 0. The number of para-hydroxylation sites is 1. The quantitative estimate of drug-likeness (QED) is 0.185. The highest BCUT2D eigenvalue weighted by molar-refractivity contribution is 5.78. The van der Waals surface area contributed by atoms with Crippen LogP contribution in [0.1, 0.15) is 11.1 Å². The number of hydrogen-bond acceptors (Lipinski definition) is 8. The summed E-state index contributed by atoms with van der Waals surface area (Å²) in [5.41, 5.74) is 5.56. The van der Waals surface area contributed by atoms with Gasteiger partial charge in [0, 0.05) is 68.4 Å². The van der Waals surface area contributed by atoms with Gasteiger partial charge in [0.2, 0.25) is 0 Å². The van der Waals surface area contributed by atoms with E-state index in [0.29, 0.717) is 18.0 Å². The Labute approximate surface area is 296 Å². The van der Waals surface area contributed by atoms with Crippen molar-refractivity contribution in [1.82, 2.24) is 39.3 Å². The predicted molar refractivity (Wildman–Crippen MR) is 197 cm³/mol. The lowest BCUT2D eigenvalue weighted by atomic mass is 10.2. The van der Waals surface area contributed by atoms with Crippen molar-refractivity contribution in [2.24, 2.45) is 0 Å². The van der Waals surface area contributed by atoms with Crippen LogP contribution >= 0.6 is 0 Å². The summed E-state index contributed by atoms with van der Waals surface area (Å²) in [5.74, 6) is 0.495. The van der Waals surface area contributed by atoms with Gasteiger partial charge in [0.25, 0.3) is 0 Å².